The van der Waals surface area contributed by atoms with E-state index in [9.17, 15) is 0 Å². The van der Waals surface area contributed by atoms with E-state index in [4.69, 9.17) is 4.74 Å². The van der Waals surface area contributed by atoms with Gasteiger partial charge in [0.25, 0.3) is 0 Å². The molecule has 2 rings (SSSR count). The molecule has 104 valence electrons. The Morgan fingerprint density at radius 2 is 2.26 bits per heavy atom. The summed E-state index contributed by atoms with van der Waals surface area (Å²) >= 11 is 0. The van der Waals surface area contributed by atoms with Crippen LogP contribution in [0, 0.1) is 0 Å². The molecule has 4 heteroatoms. The van der Waals surface area contributed by atoms with E-state index in [0.29, 0.717) is 6.04 Å². The SMILES string of the molecule is C=C(C)c1ccc(N2CCOC[C@@H](N(C)C)C2)cn1. The van der Waals surface area contributed by atoms with Gasteiger partial charge in [-0.2, -0.15) is 0 Å². The van der Waals surface area contributed by atoms with Crippen molar-refractivity contribution in [3.05, 3.63) is 30.6 Å². The summed E-state index contributed by atoms with van der Waals surface area (Å²) in [6, 6.07) is 4.58. The van der Waals surface area contributed by atoms with Crippen LogP contribution in [0.2, 0.25) is 0 Å². The highest BCUT2D eigenvalue weighted by molar-refractivity contribution is 5.59. The van der Waals surface area contributed by atoms with E-state index in [1.54, 1.807) is 0 Å². The molecule has 0 bridgehead atoms. The average Bonchev–Trinajstić information content (AvgIpc) is 2.64. The molecule has 0 amide bonds. The van der Waals surface area contributed by atoms with Gasteiger partial charge in [0.1, 0.15) is 0 Å². The first kappa shape index (κ1) is 14.0. The van der Waals surface area contributed by atoms with Gasteiger partial charge in [0.2, 0.25) is 0 Å². The van der Waals surface area contributed by atoms with Crippen molar-refractivity contribution < 1.29 is 4.74 Å². The number of nitrogens with zero attached hydrogens (tertiary/aromatic N) is 3. The predicted molar refractivity (Wildman–Crippen MR) is 79.5 cm³/mol. The zero-order valence-corrected chi connectivity index (χ0v) is 12.1. The van der Waals surface area contributed by atoms with E-state index in [2.05, 4.69) is 41.5 Å². The van der Waals surface area contributed by atoms with Gasteiger partial charge in [-0.15, -0.1) is 0 Å². The van der Waals surface area contributed by atoms with Crippen molar-refractivity contribution in [2.45, 2.75) is 13.0 Å². The van der Waals surface area contributed by atoms with Crippen LogP contribution in [0.5, 0.6) is 0 Å². The van der Waals surface area contributed by atoms with Crippen LogP contribution in [-0.2, 0) is 4.74 Å². The molecule has 0 saturated carbocycles. The van der Waals surface area contributed by atoms with E-state index < -0.39 is 0 Å². The number of ether oxygens (including phenoxy) is 1. The van der Waals surface area contributed by atoms with Crippen LogP contribution in [0.25, 0.3) is 5.57 Å². The minimum absolute atomic E-state index is 0.420. The Labute approximate surface area is 115 Å². The van der Waals surface area contributed by atoms with Gasteiger partial charge < -0.3 is 14.5 Å². The van der Waals surface area contributed by atoms with E-state index in [-0.39, 0.29) is 0 Å². The molecule has 0 radical (unpaired) electrons. The number of hydrogen-bond donors (Lipinski definition) is 0. The summed E-state index contributed by atoms with van der Waals surface area (Å²) < 4.78 is 5.66. The largest absolute Gasteiger partial charge is 0.378 e. The number of likely N-dealkylation sites (N-methyl/N-ethyl adjacent to an activating group) is 1. The first-order valence-corrected chi connectivity index (χ1v) is 6.69. The second kappa shape index (κ2) is 6.17. The molecule has 0 unspecified atom stereocenters. The second-order valence-electron chi connectivity index (χ2n) is 5.32. The van der Waals surface area contributed by atoms with Crippen LogP contribution in [0.1, 0.15) is 12.6 Å². The lowest BCUT2D eigenvalue weighted by Crippen LogP contribution is -2.41. The van der Waals surface area contributed by atoms with E-state index in [1.165, 1.54) is 0 Å². The van der Waals surface area contributed by atoms with Gasteiger partial charge in [0.15, 0.2) is 0 Å². The van der Waals surface area contributed by atoms with Crippen LogP contribution in [0.15, 0.2) is 24.9 Å². The predicted octanol–water partition coefficient (Wildman–Crippen LogP) is 1.88. The highest BCUT2D eigenvalue weighted by Crippen LogP contribution is 2.18. The maximum absolute atomic E-state index is 5.66. The minimum Gasteiger partial charge on any atom is -0.378 e. The lowest BCUT2D eigenvalue weighted by molar-refractivity contribution is 0.103. The maximum atomic E-state index is 5.66. The monoisotopic (exact) mass is 261 g/mol. The topological polar surface area (TPSA) is 28.6 Å². The Morgan fingerprint density at radius 1 is 1.47 bits per heavy atom. The van der Waals surface area contributed by atoms with Gasteiger partial charge in [0, 0.05) is 19.1 Å². The third-order valence-electron chi connectivity index (χ3n) is 3.53. The molecule has 1 saturated heterocycles. The zero-order chi connectivity index (χ0) is 13.8. The van der Waals surface area contributed by atoms with Gasteiger partial charge >= 0.3 is 0 Å². The van der Waals surface area contributed by atoms with Crippen LogP contribution in [-0.4, -0.2) is 56.3 Å². The molecule has 4 nitrogen and oxygen atoms in total. The molecule has 0 spiro atoms. The summed E-state index contributed by atoms with van der Waals surface area (Å²) in [5.41, 5.74) is 3.11. The third-order valence-corrected chi connectivity index (χ3v) is 3.53. The first-order chi connectivity index (χ1) is 9.08. The van der Waals surface area contributed by atoms with Gasteiger partial charge in [0.05, 0.1) is 30.8 Å². The highest BCUT2D eigenvalue weighted by Gasteiger charge is 2.20. The van der Waals surface area contributed by atoms with Gasteiger partial charge in [-0.25, -0.2) is 0 Å². The number of anilines is 1. The smallest absolute Gasteiger partial charge is 0.0654 e. The molecule has 0 aliphatic carbocycles. The summed E-state index contributed by atoms with van der Waals surface area (Å²) in [6.45, 7) is 9.34. The molecule has 2 heterocycles. The minimum atomic E-state index is 0.420. The molecule has 1 aliphatic heterocycles. The lowest BCUT2D eigenvalue weighted by atomic mass is 10.2. The molecule has 1 atom stereocenters. The summed E-state index contributed by atoms with van der Waals surface area (Å²) in [5, 5.41) is 0. The first-order valence-electron chi connectivity index (χ1n) is 6.69. The molecule has 19 heavy (non-hydrogen) atoms. The molecular weight excluding hydrogens is 238 g/mol. The standard InChI is InChI=1S/C15H23N3O/c1-12(2)15-6-5-13(9-16-15)18-7-8-19-11-14(10-18)17(3)4/h5-6,9,14H,1,7-8,10-11H2,2-4H3/t14-/m0/s1. The Hall–Kier alpha value is -1.39. The second-order valence-corrected chi connectivity index (χ2v) is 5.32. The average molecular weight is 261 g/mol. The van der Waals surface area contributed by atoms with Crippen molar-refractivity contribution in [2.75, 3.05) is 45.3 Å². The van der Waals surface area contributed by atoms with Crippen LogP contribution in [0.4, 0.5) is 5.69 Å². The highest BCUT2D eigenvalue weighted by atomic mass is 16.5. The van der Waals surface area contributed by atoms with Crippen molar-refractivity contribution in [2.24, 2.45) is 0 Å². The van der Waals surface area contributed by atoms with E-state index >= 15 is 0 Å². The summed E-state index contributed by atoms with van der Waals surface area (Å²) in [6.07, 6.45) is 1.93. The van der Waals surface area contributed by atoms with Crippen LogP contribution in [0.3, 0.4) is 0 Å². The van der Waals surface area contributed by atoms with Crippen molar-refractivity contribution in [1.82, 2.24) is 9.88 Å². The Kier molecular flexibility index (Phi) is 4.56. The van der Waals surface area contributed by atoms with Crippen molar-refractivity contribution >= 4 is 11.3 Å². The molecule has 1 aromatic rings. The number of aromatic nitrogens is 1. The molecule has 1 fully saturated rings. The fourth-order valence-electron chi connectivity index (χ4n) is 2.16. The number of pyridine rings is 1. The fraction of sp³-hybridized carbons (Fsp3) is 0.533. The normalized spacial score (nSPS) is 20.4. The lowest BCUT2D eigenvalue weighted by Gasteiger charge is -2.28. The molecule has 1 aromatic heterocycles. The number of allylic oxidation sites excluding steroid dienone is 1. The molecule has 1 aliphatic rings. The van der Waals surface area contributed by atoms with Crippen LogP contribution < -0.4 is 4.90 Å². The molecule has 0 aromatic carbocycles. The molecular formula is C15H23N3O. The van der Waals surface area contributed by atoms with Crippen LogP contribution >= 0.6 is 0 Å². The maximum Gasteiger partial charge on any atom is 0.0654 e. The van der Waals surface area contributed by atoms with Crippen molar-refractivity contribution in [3.63, 3.8) is 0 Å². The van der Waals surface area contributed by atoms with E-state index in [1.807, 2.05) is 19.2 Å². The Bertz CT molecular complexity index is 428. The van der Waals surface area contributed by atoms with Gasteiger partial charge in [-0.1, -0.05) is 6.58 Å². The summed E-state index contributed by atoms with van der Waals surface area (Å²) in [5.74, 6) is 0. The number of rotatable bonds is 3. The van der Waals surface area contributed by atoms with Crippen molar-refractivity contribution in [1.29, 1.82) is 0 Å². The third kappa shape index (κ3) is 3.55. The Morgan fingerprint density at radius 3 is 2.84 bits per heavy atom. The van der Waals surface area contributed by atoms with Gasteiger partial charge in [-0.3, -0.25) is 4.98 Å². The fourth-order valence-corrected chi connectivity index (χ4v) is 2.16. The van der Waals surface area contributed by atoms with E-state index in [0.717, 1.165) is 43.3 Å². The quantitative estimate of drug-likeness (QED) is 0.830. The Balaban J connectivity index is 2.12. The van der Waals surface area contributed by atoms with Gasteiger partial charge in [-0.05, 0) is 38.7 Å². The number of hydrogen-bond acceptors (Lipinski definition) is 4. The summed E-state index contributed by atoms with van der Waals surface area (Å²) in [7, 11) is 4.19. The molecule has 0 N–H and O–H groups in total. The van der Waals surface area contributed by atoms with Crippen molar-refractivity contribution in [3.8, 4) is 0 Å². The zero-order valence-electron chi connectivity index (χ0n) is 12.1. The summed E-state index contributed by atoms with van der Waals surface area (Å²) in [4.78, 5) is 9.01.